The van der Waals surface area contributed by atoms with Crippen LogP contribution >= 0.6 is 0 Å². The fourth-order valence-electron chi connectivity index (χ4n) is 1.65. The van der Waals surface area contributed by atoms with Gasteiger partial charge in [0.25, 0.3) is 11.6 Å². The third-order valence-electron chi connectivity index (χ3n) is 2.77. The summed E-state index contributed by atoms with van der Waals surface area (Å²) in [6, 6.07) is 3.64. The number of nitrogens with zero attached hydrogens (tertiary/aromatic N) is 1. The van der Waals surface area contributed by atoms with Gasteiger partial charge in [0.1, 0.15) is 5.56 Å². The molecule has 0 heterocycles. The van der Waals surface area contributed by atoms with Crippen LogP contribution in [0.1, 0.15) is 36.2 Å². The fraction of sp³-hybridized carbons (Fsp3) is 0.385. The van der Waals surface area contributed by atoms with E-state index in [1.54, 1.807) is 26.8 Å². The zero-order valence-corrected chi connectivity index (χ0v) is 11.1. The molecule has 1 N–H and O–H groups in total. The Kier molecular flexibility index (Phi) is 4.74. The maximum atomic E-state index is 12.0. The number of aryl methyl sites for hydroxylation is 1. The van der Waals surface area contributed by atoms with Crippen molar-refractivity contribution in [2.24, 2.45) is 0 Å². The maximum absolute atomic E-state index is 12.0. The summed E-state index contributed by atoms with van der Waals surface area (Å²) in [5.41, 5.74) is 0.449. The van der Waals surface area contributed by atoms with Crippen molar-refractivity contribution in [1.29, 1.82) is 0 Å². The Balaban J connectivity index is 3.02. The monoisotopic (exact) mass is 264 g/mol. The Morgan fingerprint density at radius 2 is 2.05 bits per heavy atom. The molecule has 1 atom stereocenters. The second-order valence-corrected chi connectivity index (χ2v) is 4.29. The van der Waals surface area contributed by atoms with Gasteiger partial charge in [-0.1, -0.05) is 13.0 Å². The number of carbonyl (C=O) groups is 2. The number of nitro benzene ring substituents is 1. The number of benzene rings is 1. The highest BCUT2D eigenvalue weighted by atomic mass is 16.6. The summed E-state index contributed by atoms with van der Waals surface area (Å²) >= 11 is 0. The van der Waals surface area contributed by atoms with Gasteiger partial charge in [0.05, 0.1) is 11.0 Å². The minimum absolute atomic E-state index is 0.0271. The summed E-state index contributed by atoms with van der Waals surface area (Å²) < 4.78 is 0. The first-order chi connectivity index (χ1) is 8.86. The number of nitro groups is 1. The highest BCUT2D eigenvalue weighted by Gasteiger charge is 2.22. The number of carbonyl (C=O) groups excluding carboxylic acids is 2. The van der Waals surface area contributed by atoms with E-state index in [4.69, 9.17) is 0 Å². The van der Waals surface area contributed by atoms with Crippen molar-refractivity contribution < 1.29 is 14.5 Å². The first-order valence-corrected chi connectivity index (χ1v) is 5.95. The van der Waals surface area contributed by atoms with Gasteiger partial charge in [0, 0.05) is 12.5 Å². The molecule has 1 aromatic rings. The predicted octanol–water partition coefficient (Wildman–Crippen LogP) is 2.00. The van der Waals surface area contributed by atoms with Crippen molar-refractivity contribution in [3.05, 3.63) is 39.4 Å². The van der Waals surface area contributed by atoms with Gasteiger partial charge in [-0.25, -0.2) is 0 Å². The Bertz CT molecular complexity index is 525. The van der Waals surface area contributed by atoms with Gasteiger partial charge >= 0.3 is 0 Å². The van der Waals surface area contributed by atoms with Crippen molar-refractivity contribution in [3.63, 3.8) is 0 Å². The molecule has 6 heteroatoms. The fourth-order valence-corrected chi connectivity index (χ4v) is 1.65. The van der Waals surface area contributed by atoms with E-state index >= 15 is 0 Å². The molecule has 1 aromatic carbocycles. The largest absolute Gasteiger partial charge is 0.342 e. The standard InChI is InChI=1S/C13H16N2O4/c1-4-12(16)9(3)14-13(17)10-7-8(2)5-6-11(10)15(18)19/h5-7,9H,4H2,1-3H3,(H,14,17). The second-order valence-electron chi connectivity index (χ2n) is 4.29. The van der Waals surface area contributed by atoms with E-state index in [1.807, 2.05) is 0 Å². The maximum Gasteiger partial charge on any atom is 0.282 e. The summed E-state index contributed by atoms with van der Waals surface area (Å²) in [4.78, 5) is 33.7. The summed E-state index contributed by atoms with van der Waals surface area (Å²) in [7, 11) is 0. The Labute approximate surface area is 111 Å². The molecule has 0 saturated heterocycles. The van der Waals surface area contributed by atoms with Crippen LogP contribution in [-0.4, -0.2) is 22.7 Å². The lowest BCUT2D eigenvalue weighted by Gasteiger charge is -2.12. The molecule has 0 aliphatic rings. The van der Waals surface area contributed by atoms with E-state index in [1.165, 1.54) is 12.1 Å². The van der Waals surface area contributed by atoms with E-state index in [9.17, 15) is 19.7 Å². The first-order valence-electron chi connectivity index (χ1n) is 5.95. The molecule has 102 valence electrons. The van der Waals surface area contributed by atoms with Gasteiger partial charge < -0.3 is 5.32 Å². The van der Waals surface area contributed by atoms with Gasteiger partial charge in [0.2, 0.25) is 0 Å². The van der Waals surface area contributed by atoms with Gasteiger partial charge in [-0.05, 0) is 25.5 Å². The number of amides is 1. The van der Waals surface area contributed by atoms with E-state index in [-0.39, 0.29) is 17.0 Å². The number of ketones is 1. The number of hydrogen-bond acceptors (Lipinski definition) is 4. The molecular weight excluding hydrogens is 248 g/mol. The quantitative estimate of drug-likeness (QED) is 0.650. The molecule has 6 nitrogen and oxygen atoms in total. The number of nitrogens with one attached hydrogen (secondary N) is 1. The smallest absolute Gasteiger partial charge is 0.282 e. The number of Topliss-reactive ketones (excluding diaryl/α,β-unsaturated/α-hetero) is 1. The highest BCUT2D eigenvalue weighted by molar-refractivity contribution is 6.00. The molecule has 1 amide bonds. The van der Waals surface area contributed by atoms with Gasteiger partial charge in [-0.3, -0.25) is 19.7 Å². The second kappa shape index (κ2) is 6.08. The van der Waals surface area contributed by atoms with Crippen LogP contribution in [0.25, 0.3) is 0 Å². The molecule has 1 unspecified atom stereocenters. The third-order valence-corrected chi connectivity index (χ3v) is 2.77. The lowest BCUT2D eigenvalue weighted by atomic mass is 10.1. The normalized spacial score (nSPS) is 11.7. The molecule has 0 radical (unpaired) electrons. The van der Waals surface area contributed by atoms with Crippen molar-refractivity contribution in [1.82, 2.24) is 5.32 Å². The van der Waals surface area contributed by atoms with E-state index in [0.29, 0.717) is 6.42 Å². The molecule has 0 bridgehead atoms. The Hall–Kier alpha value is -2.24. The van der Waals surface area contributed by atoms with Crippen molar-refractivity contribution in [2.45, 2.75) is 33.2 Å². The minimum Gasteiger partial charge on any atom is -0.342 e. The van der Waals surface area contributed by atoms with Crippen LogP contribution in [0.3, 0.4) is 0 Å². The predicted molar refractivity (Wildman–Crippen MR) is 70.1 cm³/mol. The average molecular weight is 264 g/mol. The summed E-state index contributed by atoms with van der Waals surface area (Å²) in [5, 5.41) is 13.3. The van der Waals surface area contributed by atoms with Crippen LogP contribution < -0.4 is 5.32 Å². The first kappa shape index (κ1) is 14.8. The molecule has 0 fully saturated rings. The summed E-state index contributed by atoms with van der Waals surface area (Å²) in [5.74, 6) is -0.728. The topological polar surface area (TPSA) is 89.3 Å². The number of hydrogen-bond donors (Lipinski definition) is 1. The summed E-state index contributed by atoms with van der Waals surface area (Å²) in [6.07, 6.45) is 0.303. The minimum atomic E-state index is -0.655. The molecule has 19 heavy (non-hydrogen) atoms. The molecule has 0 saturated carbocycles. The zero-order chi connectivity index (χ0) is 14.6. The van der Waals surface area contributed by atoms with Crippen LogP contribution in [0.2, 0.25) is 0 Å². The molecule has 0 aliphatic heterocycles. The number of rotatable bonds is 5. The van der Waals surface area contributed by atoms with Gasteiger partial charge in [-0.2, -0.15) is 0 Å². The van der Waals surface area contributed by atoms with E-state index < -0.39 is 16.9 Å². The summed E-state index contributed by atoms with van der Waals surface area (Å²) in [6.45, 7) is 4.99. The van der Waals surface area contributed by atoms with Crippen molar-refractivity contribution in [2.75, 3.05) is 0 Å². The van der Waals surface area contributed by atoms with Gasteiger partial charge in [-0.15, -0.1) is 0 Å². The van der Waals surface area contributed by atoms with Crippen LogP contribution in [0.5, 0.6) is 0 Å². The molecule has 0 spiro atoms. The molecular formula is C13H16N2O4. The lowest BCUT2D eigenvalue weighted by Crippen LogP contribution is -2.38. The highest BCUT2D eigenvalue weighted by Crippen LogP contribution is 2.19. The van der Waals surface area contributed by atoms with Crippen LogP contribution in [-0.2, 0) is 4.79 Å². The van der Waals surface area contributed by atoms with Crippen LogP contribution in [0.4, 0.5) is 5.69 Å². The van der Waals surface area contributed by atoms with Crippen LogP contribution in [0, 0.1) is 17.0 Å². The van der Waals surface area contributed by atoms with E-state index in [2.05, 4.69) is 5.32 Å². The zero-order valence-electron chi connectivity index (χ0n) is 11.1. The molecule has 0 aromatic heterocycles. The molecule has 0 aliphatic carbocycles. The Morgan fingerprint density at radius 1 is 1.42 bits per heavy atom. The molecule has 1 rings (SSSR count). The lowest BCUT2D eigenvalue weighted by molar-refractivity contribution is -0.385. The average Bonchev–Trinajstić information content (AvgIpc) is 2.36. The SMILES string of the molecule is CCC(=O)C(C)NC(=O)c1cc(C)ccc1[N+](=O)[O-]. The van der Waals surface area contributed by atoms with Crippen molar-refractivity contribution in [3.8, 4) is 0 Å². The third kappa shape index (κ3) is 3.61. The van der Waals surface area contributed by atoms with Crippen molar-refractivity contribution >= 4 is 17.4 Å². The van der Waals surface area contributed by atoms with Gasteiger partial charge in [0.15, 0.2) is 5.78 Å². The Morgan fingerprint density at radius 3 is 2.58 bits per heavy atom. The van der Waals surface area contributed by atoms with E-state index in [0.717, 1.165) is 5.56 Å². The van der Waals surface area contributed by atoms with Crippen LogP contribution in [0.15, 0.2) is 18.2 Å².